The van der Waals surface area contributed by atoms with Crippen molar-refractivity contribution in [1.82, 2.24) is 19.6 Å². The fourth-order valence-electron chi connectivity index (χ4n) is 4.03. The molecule has 2 saturated heterocycles. The monoisotopic (exact) mass is 310 g/mol. The Bertz CT molecular complexity index is 325. The van der Waals surface area contributed by atoms with Gasteiger partial charge in [-0.3, -0.25) is 4.90 Å². The third kappa shape index (κ3) is 5.19. The Hall–Kier alpha value is -0.160. The number of rotatable bonds is 8. The minimum atomic E-state index is 0.765. The van der Waals surface area contributed by atoms with Gasteiger partial charge in [-0.15, -0.1) is 0 Å². The minimum Gasteiger partial charge on any atom is -0.305 e. The van der Waals surface area contributed by atoms with Crippen LogP contribution in [0.1, 0.15) is 27.2 Å². The molecular formula is C18H38N4. The number of likely N-dealkylation sites (tertiary alicyclic amines) is 2. The van der Waals surface area contributed by atoms with Crippen LogP contribution < -0.4 is 0 Å². The van der Waals surface area contributed by atoms with Gasteiger partial charge in [0, 0.05) is 51.4 Å². The van der Waals surface area contributed by atoms with E-state index in [0.717, 1.165) is 23.9 Å². The van der Waals surface area contributed by atoms with Gasteiger partial charge in [-0.1, -0.05) is 20.8 Å². The van der Waals surface area contributed by atoms with E-state index in [1.54, 1.807) is 0 Å². The van der Waals surface area contributed by atoms with Crippen molar-refractivity contribution in [3.05, 3.63) is 0 Å². The molecule has 0 saturated carbocycles. The Morgan fingerprint density at radius 2 is 1.55 bits per heavy atom. The zero-order valence-corrected chi connectivity index (χ0v) is 15.8. The molecule has 2 aliphatic rings. The molecule has 0 N–H and O–H groups in total. The lowest BCUT2D eigenvalue weighted by atomic mass is 10.0. The van der Waals surface area contributed by atoms with Crippen molar-refractivity contribution in [3.8, 4) is 0 Å². The van der Waals surface area contributed by atoms with E-state index in [4.69, 9.17) is 0 Å². The molecule has 2 atom stereocenters. The van der Waals surface area contributed by atoms with E-state index >= 15 is 0 Å². The van der Waals surface area contributed by atoms with Gasteiger partial charge in [-0.05, 0) is 45.9 Å². The molecule has 22 heavy (non-hydrogen) atoms. The molecule has 2 heterocycles. The van der Waals surface area contributed by atoms with E-state index in [9.17, 15) is 0 Å². The van der Waals surface area contributed by atoms with Gasteiger partial charge < -0.3 is 14.7 Å². The Morgan fingerprint density at radius 3 is 2.09 bits per heavy atom. The van der Waals surface area contributed by atoms with Crippen molar-refractivity contribution in [2.75, 3.05) is 67.0 Å². The Balaban J connectivity index is 1.62. The van der Waals surface area contributed by atoms with Gasteiger partial charge in [0.15, 0.2) is 0 Å². The van der Waals surface area contributed by atoms with E-state index in [1.165, 1.54) is 52.2 Å². The molecule has 4 heteroatoms. The average molecular weight is 311 g/mol. The van der Waals surface area contributed by atoms with Crippen molar-refractivity contribution in [1.29, 1.82) is 0 Å². The number of likely N-dealkylation sites (N-methyl/N-ethyl adjacent to an activating group) is 2. The van der Waals surface area contributed by atoms with Gasteiger partial charge in [-0.2, -0.15) is 0 Å². The molecule has 2 aliphatic heterocycles. The topological polar surface area (TPSA) is 13.0 Å². The van der Waals surface area contributed by atoms with Crippen LogP contribution in [0.4, 0.5) is 0 Å². The number of hydrogen-bond acceptors (Lipinski definition) is 4. The summed E-state index contributed by atoms with van der Waals surface area (Å²) in [5.41, 5.74) is 0. The molecule has 0 spiro atoms. The zero-order chi connectivity index (χ0) is 16.3. The molecule has 0 aromatic carbocycles. The number of hydrogen-bond donors (Lipinski definition) is 0. The number of nitrogens with zero attached hydrogens (tertiary/aromatic N) is 4. The summed E-state index contributed by atoms with van der Waals surface area (Å²) in [4.78, 5) is 10.2. The molecule has 0 bridgehead atoms. The second kappa shape index (κ2) is 8.09. The fourth-order valence-corrected chi connectivity index (χ4v) is 4.03. The normalized spacial score (nSPS) is 26.3. The van der Waals surface area contributed by atoms with Gasteiger partial charge in [0.25, 0.3) is 0 Å². The largest absolute Gasteiger partial charge is 0.305 e. The maximum Gasteiger partial charge on any atom is 0.0347 e. The molecule has 2 fully saturated rings. The molecule has 1 unspecified atom stereocenters. The standard InChI is InChI=1S/C18H38N4/c1-15(2)9-22-13-18(14-22)20(6)10-16(3)11-21-8-7-17(12-21)19(4)5/h15-18H,7-14H2,1-6H3/t16-,17?/m0/s1. The molecule has 0 aromatic rings. The van der Waals surface area contributed by atoms with Crippen LogP contribution in [0.2, 0.25) is 0 Å². The molecule has 0 amide bonds. The Kier molecular flexibility index (Phi) is 6.69. The van der Waals surface area contributed by atoms with Crippen LogP contribution in [0.15, 0.2) is 0 Å². The van der Waals surface area contributed by atoms with Crippen LogP contribution in [-0.4, -0.2) is 98.6 Å². The van der Waals surface area contributed by atoms with Crippen LogP contribution in [0.3, 0.4) is 0 Å². The van der Waals surface area contributed by atoms with Crippen molar-refractivity contribution < 1.29 is 0 Å². The molecule has 4 nitrogen and oxygen atoms in total. The van der Waals surface area contributed by atoms with Crippen LogP contribution in [0, 0.1) is 11.8 Å². The summed E-state index contributed by atoms with van der Waals surface area (Å²) in [7, 11) is 6.75. The lowest BCUT2D eigenvalue weighted by Crippen LogP contribution is -2.59. The van der Waals surface area contributed by atoms with E-state index < -0.39 is 0 Å². The summed E-state index contributed by atoms with van der Waals surface area (Å²) >= 11 is 0. The van der Waals surface area contributed by atoms with Gasteiger partial charge in [0.1, 0.15) is 0 Å². The van der Waals surface area contributed by atoms with Crippen LogP contribution in [-0.2, 0) is 0 Å². The minimum absolute atomic E-state index is 0.765. The Morgan fingerprint density at radius 1 is 0.909 bits per heavy atom. The molecule has 0 aromatic heterocycles. The summed E-state index contributed by atoms with van der Waals surface area (Å²) in [6.45, 7) is 15.9. The highest BCUT2D eigenvalue weighted by Gasteiger charge is 2.31. The molecule has 2 rings (SSSR count). The first-order chi connectivity index (χ1) is 10.3. The molecular weight excluding hydrogens is 272 g/mol. The highest BCUT2D eigenvalue weighted by atomic mass is 15.3. The van der Waals surface area contributed by atoms with Crippen molar-refractivity contribution in [3.63, 3.8) is 0 Å². The molecule has 0 aliphatic carbocycles. The highest BCUT2D eigenvalue weighted by Crippen LogP contribution is 2.18. The zero-order valence-electron chi connectivity index (χ0n) is 15.8. The quantitative estimate of drug-likeness (QED) is 0.674. The smallest absolute Gasteiger partial charge is 0.0347 e. The first kappa shape index (κ1) is 18.2. The van der Waals surface area contributed by atoms with Gasteiger partial charge in [0.2, 0.25) is 0 Å². The van der Waals surface area contributed by atoms with Gasteiger partial charge in [0.05, 0.1) is 0 Å². The Labute approximate surface area is 138 Å². The predicted molar refractivity (Wildman–Crippen MR) is 95.4 cm³/mol. The third-order valence-corrected chi connectivity index (χ3v) is 5.33. The summed E-state index contributed by atoms with van der Waals surface area (Å²) in [6.07, 6.45) is 1.34. The molecule has 0 radical (unpaired) electrons. The van der Waals surface area contributed by atoms with Crippen molar-refractivity contribution >= 4 is 0 Å². The second-order valence-electron chi connectivity index (χ2n) is 8.48. The maximum absolute atomic E-state index is 2.66. The third-order valence-electron chi connectivity index (χ3n) is 5.33. The maximum atomic E-state index is 2.66. The van der Waals surface area contributed by atoms with Crippen LogP contribution in [0.5, 0.6) is 0 Å². The second-order valence-corrected chi connectivity index (χ2v) is 8.48. The summed E-state index contributed by atoms with van der Waals surface area (Å²) < 4.78 is 0. The van der Waals surface area contributed by atoms with E-state index in [2.05, 4.69) is 61.5 Å². The molecule has 130 valence electrons. The lowest BCUT2D eigenvalue weighted by molar-refractivity contribution is 0.0321. The highest BCUT2D eigenvalue weighted by molar-refractivity contribution is 4.88. The summed E-state index contributed by atoms with van der Waals surface area (Å²) in [6, 6.07) is 1.55. The van der Waals surface area contributed by atoms with E-state index in [-0.39, 0.29) is 0 Å². The van der Waals surface area contributed by atoms with E-state index in [1.807, 2.05) is 0 Å². The lowest BCUT2D eigenvalue weighted by Gasteiger charge is -2.45. The predicted octanol–water partition coefficient (Wildman–Crippen LogP) is 1.53. The average Bonchev–Trinajstić information content (AvgIpc) is 2.81. The summed E-state index contributed by atoms with van der Waals surface area (Å²) in [5, 5.41) is 0. The van der Waals surface area contributed by atoms with Crippen molar-refractivity contribution in [2.24, 2.45) is 11.8 Å². The van der Waals surface area contributed by atoms with E-state index in [0.29, 0.717) is 0 Å². The summed E-state index contributed by atoms with van der Waals surface area (Å²) in [5.74, 6) is 1.56. The van der Waals surface area contributed by atoms with Crippen LogP contribution >= 0.6 is 0 Å². The van der Waals surface area contributed by atoms with Gasteiger partial charge in [-0.25, -0.2) is 0 Å². The SMILES string of the molecule is CC(C)CN1CC(N(C)C[C@H](C)CN2CCC(N(C)C)C2)C1. The van der Waals surface area contributed by atoms with Crippen molar-refractivity contribution in [2.45, 2.75) is 39.3 Å². The van der Waals surface area contributed by atoms with Crippen LogP contribution in [0.25, 0.3) is 0 Å². The fraction of sp³-hybridized carbons (Fsp3) is 1.00. The first-order valence-corrected chi connectivity index (χ1v) is 9.16. The first-order valence-electron chi connectivity index (χ1n) is 9.16. The van der Waals surface area contributed by atoms with Gasteiger partial charge >= 0.3 is 0 Å².